The number of carboxylic acids is 1. The third-order valence-electron chi connectivity index (χ3n) is 5.19. The first-order chi connectivity index (χ1) is 15.0. The molecule has 1 aromatic heterocycles. The van der Waals surface area contributed by atoms with Gasteiger partial charge in [-0.3, -0.25) is 4.79 Å². The van der Waals surface area contributed by atoms with Gasteiger partial charge in [0.25, 0.3) is 5.91 Å². The van der Waals surface area contributed by atoms with E-state index < -0.39 is 5.97 Å². The summed E-state index contributed by atoms with van der Waals surface area (Å²) in [5.74, 6) is -0.444. The van der Waals surface area contributed by atoms with E-state index in [1.165, 1.54) is 6.07 Å². The molecule has 2 N–H and O–H groups in total. The van der Waals surface area contributed by atoms with Crippen molar-refractivity contribution in [3.05, 3.63) is 83.0 Å². The fourth-order valence-corrected chi connectivity index (χ4v) is 3.68. The normalized spacial score (nSPS) is 13.7. The lowest BCUT2D eigenvalue weighted by Gasteiger charge is -2.37. The summed E-state index contributed by atoms with van der Waals surface area (Å²) >= 11 is 5.90. The van der Waals surface area contributed by atoms with Crippen LogP contribution in [0.25, 0.3) is 0 Å². The van der Waals surface area contributed by atoms with E-state index in [1.54, 1.807) is 42.6 Å². The maximum absolute atomic E-state index is 12.7. The molecule has 0 bridgehead atoms. The monoisotopic (exact) mass is 436 g/mol. The molecule has 0 atom stereocenters. The molecule has 1 fully saturated rings. The second-order valence-electron chi connectivity index (χ2n) is 7.16. The fourth-order valence-electron chi connectivity index (χ4n) is 3.56. The zero-order valence-corrected chi connectivity index (χ0v) is 17.4. The fraction of sp³-hybridized carbons (Fsp3) is 0.174. The van der Waals surface area contributed by atoms with Gasteiger partial charge in [0.2, 0.25) is 0 Å². The molecular formula is C23H21ClN4O3. The van der Waals surface area contributed by atoms with E-state index in [0.717, 1.165) is 24.6 Å². The predicted molar refractivity (Wildman–Crippen MR) is 121 cm³/mol. The maximum atomic E-state index is 12.7. The number of carbonyl (C=O) groups excluding carboxylic acids is 1. The number of nitrogens with zero attached hydrogens (tertiary/aromatic N) is 3. The van der Waals surface area contributed by atoms with Crippen LogP contribution in [-0.2, 0) is 0 Å². The first kappa shape index (κ1) is 20.7. The second kappa shape index (κ2) is 9.06. The quantitative estimate of drug-likeness (QED) is 0.628. The Morgan fingerprint density at radius 2 is 1.58 bits per heavy atom. The van der Waals surface area contributed by atoms with Crippen LogP contribution in [-0.4, -0.2) is 48.1 Å². The highest BCUT2D eigenvalue weighted by Crippen LogP contribution is 2.29. The topological polar surface area (TPSA) is 85.8 Å². The number of benzene rings is 2. The highest BCUT2D eigenvalue weighted by molar-refractivity contribution is 6.30. The van der Waals surface area contributed by atoms with Crippen LogP contribution in [0.3, 0.4) is 0 Å². The van der Waals surface area contributed by atoms with E-state index in [1.807, 2.05) is 18.2 Å². The number of nitrogens with one attached hydrogen (secondary N) is 1. The number of rotatable bonds is 5. The molecule has 0 spiro atoms. The molecule has 2 aromatic carbocycles. The number of piperazine rings is 1. The van der Waals surface area contributed by atoms with Gasteiger partial charge in [-0.25, -0.2) is 9.78 Å². The van der Waals surface area contributed by atoms with E-state index in [-0.39, 0.29) is 11.5 Å². The van der Waals surface area contributed by atoms with E-state index in [2.05, 4.69) is 20.1 Å². The number of carboxylic acid groups (broad SMARTS) is 1. The van der Waals surface area contributed by atoms with Gasteiger partial charge in [-0.2, -0.15) is 0 Å². The summed E-state index contributed by atoms with van der Waals surface area (Å²) in [6.45, 7) is 2.96. The van der Waals surface area contributed by atoms with Crippen molar-refractivity contribution in [2.45, 2.75) is 0 Å². The third kappa shape index (κ3) is 4.78. The number of pyridine rings is 1. The van der Waals surface area contributed by atoms with Crippen LogP contribution in [0.15, 0.2) is 66.9 Å². The van der Waals surface area contributed by atoms with Gasteiger partial charge in [-0.05, 0) is 54.6 Å². The number of halogens is 1. The van der Waals surface area contributed by atoms with E-state index in [0.29, 0.717) is 29.4 Å². The van der Waals surface area contributed by atoms with Crippen LogP contribution in [0.1, 0.15) is 20.7 Å². The van der Waals surface area contributed by atoms with Crippen molar-refractivity contribution in [1.82, 2.24) is 4.98 Å². The van der Waals surface area contributed by atoms with E-state index in [4.69, 9.17) is 11.6 Å². The average Bonchev–Trinajstić information content (AvgIpc) is 2.80. The highest BCUT2D eigenvalue weighted by atomic mass is 35.5. The molecule has 158 valence electrons. The van der Waals surface area contributed by atoms with Crippen molar-refractivity contribution in [3.8, 4) is 0 Å². The van der Waals surface area contributed by atoms with Gasteiger partial charge in [0.15, 0.2) is 0 Å². The molecule has 1 saturated heterocycles. The first-order valence-corrected chi connectivity index (χ1v) is 10.2. The van der Waals surface area contributed by atoms with Gasteiger partial charge < -0.3 is 20.2 Å². The van der Waals surface area contributed by atoms with Crippen LogP contribution in [0.2, 0.25) is 5.02 Å². The van der Waals surface area contributed by atoms with Crippen molar-refractivity contribution in [2.75, 3.05) is 41.3 Å². The SMILES string of the molecule is O=C(O)c1ccc(N2CCN(c3ccccn3)CC2)c(NC(=O)c2ccc(Cl)cc2)c1. The summed E-state index contributed by atoms with van der Waals surface area (Å²) in [7, 11) is 0. The van der Waals surface area contributed by atoms with E-state index >= 15 is 0 Å². The highest BCUT2D eigenvalue weighted by Gasteiger charge is 2.22. The maximum Gasteiger partial charge on any atom is 0.335 e. The third-order valence-corrected chi connectivity index (χ3v) is 5.44. The van der Waals surface area contributed by atoms with Crippen LogP contribution in [0.5, 0.6) is 0 Å². The minimum Gasteiger partial charge on any atom is -0.478 e. The number of hydrogen-bond donors (Lipinski definition) is 2. The van der Waals surface area contributed by atoms with Crippen molar-refractivity contribution in [3.63, 3.8) is 0 Å². The van der Waals surface area contributed by atoms with Crippen molar-refractivity contribution in [1.29, 1.82) is 0 Å². The summed E-state index contributed by atoms with van der Waals surface area (Å²) in [5, 5.41) is 12.8. The summed E-state index contributed by atoms with van der Waals surface area (Å²) in [6.07, 6.45) is 1.77. The lowest BCUT2D eigenvalue weighted by molar-refractivity contribution is 0.0696. The molecule has 1 aliphatic heterocycles. The Morgan fingerprint density at radius 1 is 0.903 bits per heavy atom. The van der Waals surface area contributed by atoms with Crippen LogP contribution >= 0.6 is 11.6 Å². The largest absolute Gasteiger partial charge is 0.478 e. The number of hydrogen-bond acceptors (Lipinski definition) is 5. The Kier molecular flexibility index (Phi) is 6.04. The first-order valence-electron chi connectivity index (χ1n) is 9.86. The Labute approximate surface area is 184 Å². The van der Waals surface area contributed by atoms with Crippen LogP contribution in [0.4, 0.5) is 17.2 Å². The second-order valence-corrected chi connectivity index (χ2v) is 7.60. The van der Waals surface area contributed by atoms with Crippen molar-refractivity contribution >= 4 is 40.7 Å². The smallest absolute Gasteiger partial charge is 0.335 e. The van der Waals surface area contributed by atoms with Gasteiger partial charge >= 0.3 is 5.97 Å². The number of anilines is 3. The molecule has 0 unspecified atom stereocenters. The molecule has 0 radical (unpaired) electrons. The molecule has 8 heteroatoms. The number of amides is 1. The van der Waals surface area contributed by atoms with Crippen LogP contribution in [0, 0.1) is 0 Å². The zero-order valence-electron chi connectivity index (χ0n) is 16.7. The van der Waals surface area contributed by atoms with Crippen molar-refractivity contribution in [2.24, 2.45) is 0 Å². The Balaban J connectivity index is 1.55. The molecule has 1 amide bonds. The lowest BCUT2D eigenvalue weighted by Crippen LogP contribution is -2.47. The number of carbonyl (C=O) groups is 2. The van der Waals surface area contributed by atoms with Crippen molar-refractivity contribution < 1.29 is 14.7 Å². The zero-order chi connectivity index (χ0) is 21.8. The van der Waals surface area contributed by atoms with Crippen LogP contribution < -0.4 is 15.1 Å². The van der Waals surface area contributed by atoms with Gasteiger partial charge in [-0.15, -0.1) is 0 Å². The number of aromatic carboxylic acids is 1. The summed E-state index contributed by atoms with van der Waals surface area (Å²) in [4.78, 5) is 33.0. The minimum atomic E-state index is -1.05. The lowest BCUT2D eigenvalue weighted by atomic mass is 10.1. The molecule has 2 heterocycles. The molecule has 4 rings (SSSR count). The molecule has 1 aliphatic rings. The summed E-state index contributed by atoms with van der Waals surface area (Å²) in [5.41, 5.74) is 1.80. The molecule has 7 nitrogen and oxygen atoms in total. The van der Waals surface area contributed by atoms with Gasteiger partial charge in [0, 0.05) is 43.0 Å². The Hall–Kier alpha value is -3.58. The molecule has 0 aliphatic carbocycles. The van der Waals surface area contributed by atoms with Gasteiger partial charge in [-0.1, -0.05) is 17.7 Å². The Bertz CT molecular complexity index is 1080. The predicted octanol–water partition coefficient (Wildman–Crippen LogP) is 4.01. The number of aromatic nitrogens is 1. The standard InChI is InChI=1S/C23H21ClN4O3/c24-18-7-4-16(5-8-18)22(29)26-19-15-17(23(30)31)6-9-20(19)27-11-13-28(14-12-27)21-3-1-2-10-25-21/h1-10,15H,11-14H2,(H,26,29)(H,30,31). The van der Waals surface area contributed by atoms with Gasteiger partial charge in [0.05, 0.1) is 16.9 Å². The van der Waals surface area contributed by atoms with E-state index in [9.17, 15) is 14.7 Å². The Morgan fingerprint density at radius 3 is 2.23 bits per heavy atom. The minimum absolute atomic E-state index is 0.113. The molecular weight excluding hydrogens is 416 g/mol. The average molecular weight is 437 g/mol. The summed E-state index contributed by atoms with van der Waals surface area (Å²) in [6, 6.07) is 17.2. The molecule has 31 heavy (non-hydrogen) atoms. The summed E-state index contributed by atoms with van der Waals surface area (Å²) < 4.78 is 0. The van der Waals surface area contributed by atoms with Gasteiger partial charge in [0.1, 0.15) is 5.82 Å². The molecule has 0 saturated carbocycles. The molecule has 3 aromatic rings.